The van der Waals surface area contributed by atoms with Crippen molar-refractivity contribution in [3.05, 3.63) is 16.1 Å². The van der Waals surface area contributed by atoms with E-state index in [2.05, 4.69) is 4.98 Å². The Bertz CT molecular complexity index is 533. The third-order valence-electron chi connectivity index (χ3n) is 3.40. The highest BCUT2D eigenvalue weighted by Gasteiger charge is 2.32. The van der Waals surface area contributed by atoms with Crippen molar-refractivity contribution >= 4 is 23.2 Å². The lowest BCUT2D eigenvalue weighted by Gasteiger charge is -2.32. The van der Waals surface area contributed by atoms with Crippen molar-refractivity contribution in [1.82, 2.24) is 9.88 Å². The van der Waals surface area contributed by atoms with E-state index in [4.69, 9.17) is 14.6 Å². The average Bonchev–Trinajstić information content (AvgIpc) is 2.96. The lowest BCUT2D eigenvalue weighted by atomic mass is 10.2. The predicted octanol–water partition coefficient (Wildman–Crippen LogP) is 1.10. The lowest BCUT2D eigenvalue weighted by Crippen LogP contribution is -2.53. The molecular weight excluding hydrogens is 308 g/mol. The Morgan fingerprint density at radius 3 is 3.09 bits per heavy atom. The van der Waals surface area contributed by atoms with Gasteiger partial charge in [0.2, 0.25) is 5.91 Å². The van der Waals surface area contributed by atoms with Crippen molar-refractivity contribution in [2.24, 2.45) is 0 Å². The molecule has 2 atom stereocenters. The van der Waals surface area contributed by atoms with Gasteiger partial charge >= 0.3 is 5.97 Å². The summed E-state index contributed by atoms with van der Waals surface area (Å²) >= 11 is 1.45. The highest BCUT2D eigenvalue weighted by molar-refractivity contribution is 7.09. The van der Waals surface area contributed by atoms with Crippen LogP contribution in [0.5, 0.6) is 0 Å². The number of nitrogens with zero attached hydrogens (tertiary/aromatic N) is 2. The molecule has 1 aromatic heterocycles. The van der Waals surface area contributed by atoms with Crippen LogP contribution in [0.15, 0.2) is 5.38 Å². The van der Waals surface area contributed by atoms with E-state index in [1.54, 1.807) is 0 Å². The van der Waals surface area contributed by atoms with Gasteiger partial charge in [-0.2, -0.15) is 0 Å². The minimum atomic E-state index is -1.04. The van der Waals surface area contributed by atoms with E-state index in [0.29, 0.717) is 25.5 Å². The first kappa shape index (κ1) is 16.9. The summed E-state index contributed by atoms with van der Waals surface area (Å²) in [5.74, 6) is -1.28. The molecule has 1 aliphatic heterocycles. The molecule has 1 aromatic rings. The Morgan fingerprint density at radius 2 is 2.41 bits per heavy atom. The number of ether oxygens (including phenoxy) is 2. The molecule has 0 aliphatic carbocycles. The first-order valence-electron chi connectivity index (χ1n) is 7.18. The maximum Gasteiger partial charge on any atom is 0.328 e. The summed E-state index contributed by atoms with van der Waals surface area (Å²) in [5.41, 5.74) is 0.646. The Kier molecular flexibility index (Phi) is 5.87. The van der Waals surface area contributed by atoms with Crippen LogP contribution in [0.1, 0.15) is 30.7 Å². The largest absolute Gasteiger partial charge is 0.480 e. The summed E-state index contributed by atoms with van der Waals surface area (Å²) in [4.78, 5) is 29.3. The molecule has 1 N–H and O–H groups in total. The van der Waals surface area contributed by atoms with Crippen LogP contribution in [-0.4, -0.2) is 59.3 Å². The van der Waals surface area contributed by atoms with Crippen molar-refractivity contribution in [3.63, 3.8) is 0 Å². The van der Waals surface area contributed by atoms with Gasteiger partial charge in [-0.05, 0) is 13.8 Å². The molecule has 0 saturated carbocycles. The molecular formula is C14H20N2O5S. The van der Waals surface area contributed by atoms with E-state index in [9.17, 15) is 9.59 Å². The molecule has 8 heteroatoms. The number of carboxylic acids is 1. The van der Waals surface area contributed by atoms with E-state index in [1.165, 1.54) is 16.2 Å². The number of hydrogen-bond donors (Lipinski definition) is 1. The van der Waals surface area contributed by atoms with E-state index in [-0.39, 0.29) is 25.0 Å². The van der Waals surface area contributed by atoms with E-state index >= 15 is 0 Å². The number of aromatic nitrogens is 1. The highest BCUT2D eigenvalue weighted by atomic mass is 32.1. The fourth-order valence-electron chi connectivity index (χ4n) is 2.28. The zero-order chi connectivity index (χ0) is 16.1. The lowest BCUT2D eigenvalue weighted by molar-refractivity contribution is -0.158. The topological polar surface area (TPSA) is 89.0 Å². The van der Waals surface area contributed by atoms with Crippen LogP contribution in [0, 0.1) is 0 Å². The number of amides is 1. The number of carboxylic acid groups (broad SMARTS) is 1. The third-order valence-corrected chi connectivity index (χ3v) is 4.45. The highest BCUT2D eigenvalue weighted by Crippen LogP contribution is 2.22. The van der Waals surface area contributed by atoms with Gasteiger partial charge in [-0.3, -0.25) is 4.79 Å². The third kappa shape index (κ3) is 4.02. The first-order valence-corrected chi connectivity index (χ1v) is 8.06. The van der Waals surface area contributed by atoms with Crippen molar-refractivity contribution in [2.45, 2.75) is 32.4 Å². The van der Waals surface area contributed by atoms with Crippen LogP contribution < -0.4 is 0 Å². The van der Waals surface area contributed by atoms with Gasteiger partial charge in [0.25, 0.3) is 0 Å². The molecule has 2 rings (SSSR count). The zero-order valence-electron chi connectivity index (χ0n) is 12.7. The SMILES string of the molecule is CCOC(C)c1nc(CC(=O)N2CCOCC2C(=O)O)cs1. The average molecular weight is 328 g/mol. The van der Waals surface area contributed by atoms with Crippen LogP contribution in [0.25, 0.3) is 0 Å². The summed E-state index contributed by atoms with van der Waals surface area (Å²) in [5, 5.41) is 11.8. The predicted molar refractivity (Wildman–Crippen MR) is 79.8 cm³/mol. The normalized spacial score (nSPS) is 19.9. The van der Waals surface area contributed by atoms with Gasteiger partial charge in [0.1, 0.15) is 11.1 Å². The maximum absolute atomic E-state index is 12.3. The van der Waals surface area contributed by atoms with Gasteiger partial charge in [-0.25, -0.2) is 9.78 Å². The van der Waals surface area contributed by atoms with Gasteiger partial charge in [0, 0.05) is 18.5 Å². The Labute approximate surface area is 132 Å². The van der Waals surface area contributed by atoms with Gasteiger partial charge < -0.3 is 19.5 Å². The maximum atomic E-state index is 12.3. The number of carbonyl (C=O) groups is 2. The standard InChI is InChI=1S/C14H20N2O5S/c1-3-21-9(2)13-15-10(8-22-13)6-12(17)16-4-5-20-7-11(16)14(18)19/h8-9,11H,3-7H2,1-2H3,(H,18,19). The van der Waals surface area contributed by atoms with Crippen molar-refractivity contribution < 1.29 is 24.2 Å². The van der Waals surface area contributed by atoms with E-state index in [0.717, 1.165) is 5.01 Å². The Hall–Kier alpha value is -1.51. The number of morpholine rings is 1. The van der Waals surface area contributed by atoms with Crippen LogP contribution >= 0.6 is 11.3 Å². The molecule has 0 bridgehead atoms. The molecule has 122 valence electrons. The summed E-state index contributed by atoms with van der Waals surface area (Å²) in [6.07, 6.45) is -0.00642. The van der Waals surface area contributed by atoms with Crippen LogP contribution in [-0.2, 0) is 25.5 Å². The Balaban J connectivity index is 2.00. The molecule has 0 spiro atoms. The van der Waals surface area contributed by atoms with Crippen molar-refractivity contribution in [3.8, 4) is 0 Å². The summed E-state index contributed by atoms with van der Waals surface area (Å²) in [7, 11) is 0. The molecule has 1 amide bonds. The van der Waals surface area contributed by atoms with Crippen LogP contribution in [0.2, 0.25) is 0 Å². The van der Waals surface area contributed by atoms with Gasteiger partial charge in [0.05, 0.1) is 25.3 Å². The minimum absolute atomic E-state index is 0.0325. The quantitative estimate of drug-likeness (QED) is 0.841. The number of carbonyl (C=O) groups excluding carboxylic acids is 1. The van der Waals surface area contributed by atoms with Gasteiger partial charge in [-0.1, -0.05) is 0 Å². The number of aliphatic carboxylic acids is 1. The smallest absolute Gasteiger partial charge is 0.328 e. The number of hydrogen-bond acceptors (Lipinski definition) is 6. The molecule has 1 aliphatic rings. The zero-order valence-corrected chi connectivity index (χ0v) is 13.5. The van der Waals surface area contributed by atoms with Crippen molar-refractivity contribution in [1.29, 1.82) is 0 Å². The second kappa shape index (κ2) is 7.66. The van der Waals surface area contributed by atoms with Gasteiger partial charge in [0.15, 0.2) is 6.04 Å². The number of rotatable bonds is 6. The second-order valence-electron chi connectivity index (χ2n) is 4.97. The van der Waals surface area contributed by atoms with Crippen LogP contribution in [0.4, 0.5) is 0 Å². The molecule has 1 saturated heterocycles. The van der Waals surface area contributed by atoms with E-state index in [1.807, 2.05) is 19.2 Å². The summed E-state index contributed by atoms with van der Waals surface area (Å²) in [6.45, 7) is 5.12. The monoisotopic (exact) mass is 328 g/mol. The molecule has 22 heavy (non-hydrogen) atoms. The van der Waals surface area contributed by atoms with Gasteiger partial charge in [-0.15, -0.1) is 11.3 Å². The molecule has 0 aromatic carbocycles. The second-order valence-corrected chi connectivity index (χ2v) is 5.86. The fourth-order valence-corrected chi connectivity index (χ4v) is 3.10. The summed E-state index contributed by atoms with van der Waals surface area (Å²) < 4.78 is 10.6. The van der Waals surface area contributed by atoms with Crippen molar-refractivity contribution in [2.75, 3.05) is 26.4 Å². The Morgan fingerprint density at radius 1 is 1.64 bits per heavy atom. The summed E-state index contributed by atoms with van der Waals surface area (Å²) in [6, 6.07) is -0.915. The van der Waals surface area contributed by atoms with E-state index < -0.39 is 12.0 Å². The minimum Gasteiger partial charge on any atom is -0.480 e. The molecule has 7 nitrogen and oxygen atoms in total. The number of thiazole rings is 1. The first-order chi connectivity index (χ1) is 10.5. The molecule has 0 radical (unpaired) electrons. The van der Waals surface area contributed by atoms with Crippen LogP contribution in [0.3, 0.4) is 0 Å². The molecule has 2 heterocycles. The molecule has 2 unspecified atom stereocenters. The fraction of sp³-hybridized carbons (Fsp3) is 0.643. The molecule has 1 fully saturated rings.